The molecule has 4 atom stereocenters. The molecular formula is C21H20ClN. The lowest BCUT2D eigenvalue weighted by Gasteiger charge is -2.28. The van der Waals surface area contributed by atoms with Gasteiger partial charge in [-0.1, -0.05) is 41.9 Å². The van der Waals surface area contributed by atoms with Crippen molar-refractivity contribution in [3.05, 3.63) is 64.7 Å². The standard InChI is InChI=1S/C21H20ClN/c22-17-6-7-20-16(9-17)12-21(23-20)19-11-14-8-15(19)10-18(14)13-4-2-1-3-5-13/h1-7,9,14-15,18-19H,8,10-12H2. The van der Waals surface area contributed by atoms with E-state index in [0.29, 0.717) is 5.92 Å². The number of hydrogen-bond donors (Lipinski definition) is 0. The van der Waals surface area contributed by atoms with E-state index < -0.39 is 0 Å². The van der Waals surface area contributed by atoms with Crippen molar-refractivity contribution in [2.45, 2.75) is 31.6 Å². The molecule has 2 fully saturated rings. The van der Waals surface area contributed by atoms with Gasteiger partial charge in [0, 0.05) is 23.1 Å². The third kappa shape index (κ3) is 2.25. The molecule has 2 bridgehead atoms. The second-order valence-electron chi connectivity index (χ2n) is 7.40. The summed E-state index contributed by atoms with van der Waals surface area (Å²) in [7, 11) is 0. The van der Waals surface area contributed by atoms with Crippen LogP contribution < -0.4 is 0 Å². The molecule has 3 aliphatic rings. The van der Waals surface area contributed by atoms with E-state index in [4.69, 9.17) is 16.6 Å². The van der Waals surface area contributed by atoms with Crippen molar-refractivity contribution < 1.29 is 0 Å². The number of nitrogens with zero attached hydrogens (tertiary/aromatic N) is 1. The first-order chi connectivity index (χ1) is 11.3. The van der Waals surface area contributed by atoms with Crippen LogP contribution in [0.5, 0.6) is 0 Å². The second kappa shape index (κ2) is 5.21. The number of aliphatic imine (C=N–C) groups is 1. The molecule has 4 unspecified atom stereocenters. The first-order valence-corrected chi connectivity index (χ1v) is 9.06. The van der Waals surface area contributed by atoms with Gasteiger partial charge in [0.25, 0.3) is 0 Å². The van der Waals surface area contributed by atoms with Crippen molar-refractivity contribution in [1.29, 1.82) is 0 Å². The van der Waals surface area contributed by atoms with Gasteiger partial charge in [-0.05, 0) is 66.3 Å². The molecule has 0 amide bonds. The van der Waals surface area contributed by atoms with Crippen molar-refractivity contribution in [3.8, 4) is 0 Å². The highest BCUT2D eigenvalue weighted by Crippen LogP contribution is 2.56. The largest absolute Gasteiger partial charge is 0.257 e. The van der Waals surface area contributed by atoms with Crippen molar-refractivity contribution in [2.75, 3.05) is 0 Å². The molecule has 0 radical (unpaired) electrons. The van der Waals surface area contributed by atoms with E-state index in [2.05, 4.69) is 42.5 Å². The summed E-state index contributed by atoms with van der Waals surface area (Å²) in [6.07, 6.45) is 5.07. The molecule has 0 spiro atoms. The molecule has 1 heterocycles. The minimum atomic E-state index is 0.700. The zero-order valence-electron chi connectivity index (χ0n) is 13.1. The number of hydrogen-bond acceptors (Lipinski definition) is 1. The average molecular weight is 322 g/mol. The maximum absolute atomic E-state index is 6.13. The average Bonchev–Trinajstić information content (AvgIpc) is 3.28. The monoisotopic (exact) mass is 321 g/mol. The maximum atomic E-state index is 6.13. The van der Waals surface area contributed by atoms with Crippen molar-refractivity contribution in [3.63, 3.8) is 0 Å². The van der Waals surface area contributed by atoms with Gasteiger partial charge >= 0.3 is 0 Å². The Hall–Kier alpha value is -1.60. The fraction of sp³-hybridized carbons (Fsp3) is 0.381. The third-order valence-electron chi connectivity index (χ3n) is 6.19. The molecule has 2 aromatic carbocycles. The maximum Gasteiger partial charge on any atom is 0.0666 e. The highest BCUT2D eigenvalue weighted by atomic mass is 35.5. The SMILES string of the molecule is Clc1ccc2c(c1)CC(C1CC3CC1CC3c1ccccc1)=N2. The van der Waals surface area contributed by atoms with Gasteiger partial charge < -0.3 is 0 Å². The third-order valence-corrected chi connectivity index (χ3v) is 6.42. The molecule has 2 heteroatoms. The van der Waals surface area contributed by atoms with Crippen LogP contribution in [0.1, 0.15) is 36.3 Å². The van der Waals surface area contributed by atoms with Crippen LogP contribution >= 0.6 is 11.6 Å². The summed E-state index contributed by atoms with van der Waals surface area (Å²) in [5.41, 5.74) is 5.42. The quantitative estimate of drug-likeness (QED) is 0.663. The molecule has 116 valence electrons. The van der Waals surface area contributed by atoms with Crippen molar-refractivity contribution in [2.24, 2.45) is 22.7 Å². The summed E-state index contributed by atoms with van der Waals surface area (Å²) in [4.78, 5) is 4.95. The molecular weight excluding hydrogens is 302 g/mol. The topological polar surface area (TPSA) is 12.4 Å². The summed E-state index contributed by atoms with van der Waals surface area (Å²) in [5.74, 6) is 3.15. The van der Waals surface area contributed by atoms with E-state index >= 15 is 0 Å². The van der Waals surface area contributed by atoms with Crippen LogP contribution in [0.3, 0.4) is 0 Å². The van der Waals surface area contributed by atoms with Crippen LogP contribution in [0.25, 0.3) is 0 Å². The fourth-order valence-corrected chi connectivity index (χ4v) is 5.40. The zero-order chi connectivity index (χ0) is 15.4. The molecule has 0 N–H and O–H groups in total. The van der Waals surface area contributed by atoms with Crippen LogP contribution in [-0.4, -0.2) is 5.71 Å². The summed E-state index contributed by atoms with van der Waals surface area (Å²) in [6, 6.07) is 17.2. The minimum Gasteiger partial charge on any atom is -0.257 e. The van der Waals surface area contributed by atoms with E-state index in [9.17, 15) is 0 Å². The number of halogens is 1. The lowest BCUT2D eigenvalue weighted by molar-refractivity contribution is 0.369. The predicted molar refractivity (Wildman–Crippen MR) is 95.8 cm³/mol. The predicted octanol–water partition coefficient (Wildman–Crippen LogP) is 5.80. The zero-order valence-corrected chi connectivity index (χ0v) is 13.8. The molecule has 0 saturated heterocycles. The Balaban J connectivity index is 1.35. The number of benzene rings is 2. The molecule has 5 rings (SSSR count). The van der Waals surface area contributed by atoms with Gasteiger partial charge in [0.15, 0.2) is 0 Å². The normalized spacial score (nSPS) is 31.3. The second-order valence-corrected chi connectivity index (χ2v) is 7.84. The minimum absolute atomic E-state index is 0.700. The summed E-state index contributed by atoms with van der Waals surface area (Å²) in [5, 5.41) is 0.831. The summed E-state index contributed by atoms with van der Waals surface area (Å²) < 4.78 is 0. The van der Waals surface area contributed by atoms with Crippen LogP contribution in [0.4, 0.5) is 5.69 Å². The van der Waals surface area contributed by atoms with Crippen LogP contribution in [-0.2, 0) is 6.42 Å². The molecule has 1 nitrogen and oxygen atoms in total. The Kier molecular flexibility index (Phi) is 3.12. The van der Waals surface area contributed by atoms with Gasteiger partial charge in [0.2, 0.25) is 0 Å². The van der Waals surface area contributed by atoms with Gasteiger partial charge in [-0.3, -0.25) is 4.99 Å². The van der Waals surface area contributed by atoms with Crippen molar-refractivity contribution in [1.82, 2.24) is 0 Å². The Labute approximate surface area is 142 Å². The number of rotatable bonds is 2. The summed E-state index contributed by atoms with van der Waals surface area (Å²) in [6.45, 7) is 0. The first-order valence-electron chi connectivity index (χ1n) is 8.69. The highest BCUT2D eigenvalue weighted by molar-refractivity contribution is 6.30. The van der Waals surface area contributed by atoms with E-state index in [0.717, 1.165) is 34.9 Å². The molecule has 1 aliphatic heterocycles. The van der Waals surface area contributed by atoms with Gasteiger partial charge in [-0.2, -0.15) is 0 Å². The van der Waals surface area contributed by atoms with Crippen LogP contribution in [0, 0.1) is 17.8 Å². The lowest BCUT2D eigenvalue weighted by Crippen LogP contribution is -2.24. The van der Waals surface area contributed by atoms with E-state index in [1.807, 2.05) is 6.07 Å². The molecule has 2 aliphatic carbocycles. The molecule has 23 heavy (non-hydrogen) atoms. The Morgan fingerprint density at radius 3 is 2.43 bits per heavy atom. The van der Waals surface area contributed by atoms with Crippen LogP contribution in [0.15, 0.2) is 53.5 Å². The summed E-state index contributed by atoms with van der Waals surface area (Å²) >= 11 is 6.13. The molecule has 2 aromatic rings. The Morgan fingerprint density at radius 2 is 1.65 bits per heavy atom. The van der Waals surface area contributed by atoms with Gasteiger partial charge in [0.05, 0.1) is 5.69 Å². The Morgan fingerprint density at radius 1 is 0.870 bits per heavy atom. The van der Waals surface area contributed by atoms with E-state index in [1.165, 1.54) is 30.5 Å². The van der Waals surface area contributed by atoms with Gasteiger partial charge in [-0.15, -0.1) is 0 Å². The number of fused-ring (bicyclic) bond motifs is 3. The highest BCUT2D eigenvalue weighted by Gasteiger charge is 2.48. The van der Waals surface area contributed by atoms with Gasteiger partial charge in [-0.25, -0.2) is 0 Å². The van der Waals surface area contributed by atoms with Gasteiger partial charge in [0.1, 0.15) is 0 Å². The van der Waals surface area contributed by atoms with E-state index in [-0.39, 0.29) is 0 Å². The molecule has 2 saturated carbocycles. The van der Waals surface area contributed by atoms with Crippen LogP contribution in [0.2, 0.25) is 5.02 Å². The van der Waals surface area contributed by atoms with Crippen molar-refractivity contribution >= 4 is 23.0 Å². The molecule has 0 aromatic heterocycles. The first kappa shape index (κ1) is 13.8. The lowest BCUT2D eigenvalue weighted by atomic mass is 9.76. The van der Waals surface area contributed by atoms with E-state index in [1.54, 1.807) is 5.56 Å². The fourth-order valence-electron chi connectivity index (χ4n) is 5.20. The smallest absolute Gasteiger partial charge is 0.0666 e. The Bertz CT molecular complexity index is 780.